The second kappa shape index (κ2) is 9.55. The molecule has 6 nitrogen and oxygen atoms in total. The molecule has 0 bridgehead atoms. The molecule has 0 radical (unpaired) electrons. The van der Waals surface area contributed by atoms with E-state index in [4.69, 9.17) is 9.72 Å². The smallest absolute Gasteiger partial charge is 0.307 e. The highest BCUT2D eigenvalue weighted by Gasteiger charge is 2.52. The Bertz CT molecular complexity index is 1500. The number of hydrogen-bond acceptors (Lipinski definition) is 7. The van der Waals surface area contributed by atoms with E-state index in [1.807, 2.05) is 13.0 Å². The molecule has 37 heavy (non-hydrogen) atoms. The first kappa shape index (κ1) is 24.6. The molecule has 8 heteroatoms. The van der Waals surface area contributed by atoms with Crippen molar-refractivity contribution in [2.45, 2.75) is 75.6 Å². The Kier molecular flexibility index (Phi) is 6.35. The van der Waals surface area contributed by atoms with E-state index < -0.39 is 11.5 Å². The van der Waals surface area contributed by atoms with E-state index in [0.717, 1.165) is 65.8 Å². The van der Waals surface area contributed by atoms with Gasteiger partial charge in [0.15, 0.2) is 10.9 Å². The van der Waals surface area contributed by atoms with Crippen molar-refractivity contribution in [3.63, 3.8) is 0 Å². The number of thioether (sulfide) groups is 1. The summed E-state index contributed by atoms with van der Waals surface area (Å²) in [4.78, 5) is 46.3. The van der Waals surface area contributed by atoms with Gasteiger partial charge >= 0.3 is 5.97 Å². The Hall–Kier alpha value is -2.71. The molecule has 2 fully saturated rings. The third-order valence-corrected chi connectivity index (χ3v) is 10.1. The zero-order chi connectivity index (χ0) is 25.7. The van der Waals surface area contributed by atoms with E-state index in [2.05, 4.69) is 24.8 Å². The summed E-state index contributed by atoms with van der Waals surface area (Å²) in [6.07, 6.45) is 6.46. The average molecular weight is 535 g/mol. The van der Waals surface area contributed by atoms with Crippen LogP contribution in [0, 0.1) is 5.92 Å². The van der Waals surface area contributed by atoms with Crippen molar-refractivity contribution in [2.75, 3.05) is 5.75 Å². The van der Waals surface area contributed by atoms with Crippen LogP contribution in [0.5, 0.6) is 0 Å². The predicted molar refractivity (Wildman–Crippen MR) is 147 cm³/mol. The van der Waals surface area contributed by atoms with Crippen LogP contribution in [0.15, 0.2) is 46.4 Å². The molecule has 1 saturated carbocycles. The summed E-state index contributed by atoms with van der Waals surface area (Å²) in [5, 5.41) is 1.23. The third-order valence-electron chi connectivity index (χ3n) is 7.96. The summed E-state index contributed by atoms with van der Waals surface area (Å²) in [5.41, 5.74) is 3.71. The van der Waals surface area contributed by atoms with Gasteiger partial charge in [0.1, 0.15) is 10.4 Å². The molecule has 1 aromatic carbocycles. The number of allylic oxidation sites excluding steroid dienone is 1. The lowest BCUT2D eigenvalue weighted by molar-refractivity contribution is -0.153. The molecular weight excluding hydrogens is 504 g/mol. The SMILES string of the molecule is C=C(C)Cn1c(SCC(=O)C2CC(=O)OC23CCCCC3)nc2sc3c(c2c1=O)CCc1ccccc1-3. The van der Waals surface area contributed by atoms with E-state index in [9.17, 15) is 14.4 Å². The lowest BCUT2D eigenvalue weighted by Gasteiger charge is -2.36. The lowest BCUT2D eigenvalue weighted by Crippen LogP contribution is -2.42. The number of esters is 1. The molecule has 3 aromatic rings. The fourth-order valence-electron chi connectivity index (χ4n) is 6.25. The van der Waals surface area contributed by atoms with Crippen LogP contribution in [-0.4, -0.2) is 32.7 Å². The third kappa shape index (κ3) is 4.28. The molecule has 2 aliphatic carbocycles. The van der Waals surface area contributed by atoms with Gasteiger partial charge in [-0.2, -0.15) is 0 Å². The van der Waals surface area contributed by atoms with Crippen molar-refractivity contribution < 1.29 is 14.3 Å². The molecule has 2 aromatic heterocycles. The topological polar surface area (TPSA) is 78.3 Å². The molecule has 1 atom stereocenters. The molecular formula is C29H30N2O4S2. The average Bonchev–Trinajstić information content (AvgIpc) is 3.42. The molecule has 1 aliphatic heterocycles. The van der Waals surface area contributed by atoms with Gasteiger partial charge in [0.05, 0.1) is 23.5 Å². The maximum atomic E-state index is 13.8. The number of ether oxygens (including phenoxy) is 1. The molecule has 3 aliphatic rings. The van der Waals surface area contributed by atoms with Crippen molar-refractivity contribution in [2.24, 2.45) is 5.92 Å². The second-order valence-corrected chi connectivity index (χ2v) is 12.5. The molecule has 1 saturated heterocycles. The van der Waals surface area contributed by atoms with Crippen LogP contribution in [0.25, 0.3) is 20.7 Å². The largest absolute Gasteiger partial charge is 0.458 e. The summed E-state index contributed by atoms with van der Waals surface area (Å²) < 4.78 is 7.42. The van der Waals surface area contributed by atoms with E-state index >= 15 is 0 Å². The van der Waals surface area contributed by atoms with Crippen molar-refractivity contribution in [3.8, 4) is 10.4 Å². The van der Waals surface area contributed by atoms with Gasteiger partial charge in [0, 0.05) is 11.4 Å². The summed E-state index contributed by atoms with van der Waals surface area (Å²) >= 11 is 2.86. The zero-order valence-corrected chi connectivity index (χ0v) is 22.6. The predicted octanol–water partition coefficient (Wildman–Crippen LogP) is 5.73. The molecule has 3 heterocycles. The first-order valence-corrected chi connectivity index (χ1v) is 14.8. The van der Waals surface area contributed by atoms with E-state index in [1.54, 1.807) is 15.9 Å². The minimum Gasteiger partial charge on any atom is -0.458 e. The Labute approximate surface area is 224 Å². The number of Topliss-reactive ketones (excluding diaryl/α,β-unsaturated/α-hetero) is 1. The summed E-state index contributed by atoms with van der Waals surface area (Å²) in [6.45, 7) is 6.27. The zero-order valence-electron chi connectivity index (χ0n) is 21.0. The number of rotatable bonds is 6. The Morgan fingerprint density at radius 3 is 2.78 bits per heavy atom. The monoisotopic (exact) mass is 534 g/mol. The van der Waals surface area contributed by atoms with E-state index in [0.29, 0.717) is 17.1 Å². The van der Waals surface area contributed by atoms with Crippen LogP contribution in [0.3, 0.4) is 0 Å². The lowest BCUT2D eigenvalue weighted by atomic mass is 9.74. The van der Waals surface area contributed by atoms with E-state index in [1.165, 1.54) is 22.9 Å². The number of carbonyl (C=O) groups excluding carboxylic acids is 2. The number of fused-ring (bicyclic) bond motifs is 5. The normalized spacial score (nSPS) is 20.0. The van der Waals surface area contributed by atoms with Crippen molar-refractivity contribution in [1.82, 2.24) is 9.55 Å². The van der Waals surface area contributed by atoms with Crippen molar-refractivity contribution in [1.29, 1.82) is 0 Å². The number of hydrogen-bond donors (Lipinski definition) is 0. The molecule has 0 N–H and O–H groups in total. The van der Waals surface area contributed by atoms with Gasteiger partial charge in [-0.1, -0.05) is 54.6 Å². The summed E-state index contributed by atoms with van der Waals surface area (Å²) in [5.74, 6) is -0.518. The maximum absolute atomic E-state index is 13.8. The number of benzene rings is 1. The fourth-order valence-corrected chi connectivity index (χ4v) is 8.52. The van der Waals surface area contributed by atoms with Gasteiger partial charge in [0.2, 0.25) is 0 Å². The Morgan fingerprint density at radius 2 is 2.00 bits per heavy atom. The number of ketones is 1. The van der Waals surface area contributed by atoms with Gasteiger partial charge in [-0.3, -0.25) is 19.0 Å². The van der Waals surface area contributed by atoms with Crippen molar-refractivity contribution in [3.05, 3.63) is 57.9 Å². The molecule has 1 unspecified atom stereocenters. The van der Waals surface area contributed by atoms with Crippen LogP contribution in [-0.2, 0) is 33.7 Å². The van der Waals surface area contributed by atoms with Crippen LogP contribution in [0.1, 0.15) is 56.6 Å². The molecule has 192 valence electrons. The highest BCUT2D eigenvalue weighted by Crippen LogP contribution is 2.45. The van der Waals surface area contributed by atoms with Crippen LogP contribution < -0.4 is 5.56 Å². The highest BCUT2D eigenvalue weighted by atomic mass is 32.2. The minimum atomic E-state index is -0.637. The quantitative estimate of drug-likeness (QED) is 0.174. The number of aryl methyl sites for hydroxylation is 2. The molecule has 1 spiro atoms. The molecule has 0 amide bonds. The summed E-state index contributed by atoms with van der Waals surface area (Å²) in [7, 11) is 0. The molecule has 6 rings (SSSR count). The maximum Gasteiger partial charge on any atom is 0.307 e. The van der Waals surface area contributed by atoms with Crippen LogP contribution in [0.2, 0.25) is 0 Å². The fraction of sp³-hybridized carbons (Fsp3) is 0.448. The van der Waals surface area contributed by atoms with Gasteiger partial charge in [0.25, 0.3) is 5.56 Å². The Balaban J connectivity index is 1.35. The number of nitrogens with zero attached hydrogens (tertiary/aromatic N) is 2. The number of thiophene rings is 1. The second-order valence-electron chi connectivity index (χ2n) is 10.6. The van der Waals surface area contributed by atoms with Gasteiger partial charge in [-0.05, 0) is 62.1 Å². The number of aromatic nitrogens is 2. The minimum absolute atomic E-state index is 0.00775. The van der Waals surface area contributed by atoms with Crippen LogP contribution >= 0.6 is 23.1 Å². The summed E-state index contributed by atoms with van der Waals surface area (Å²) in [6, 6.07) is 8.37. The van der Waals surface area contributed by atoms with Crippen LogP contribution in [0.4, 0.5) is 0 Å². The van der Waals surface area contributed by atoms with Gasteiger partial charge in [-0.25, -0.2) is 4.98 Å². The van der Waals surface area contributed by atoms with Gasteiger partial charge in [-0.15, -0.1) is 11.3 Å². The van der Waals surface area contributed by atoms with E-state index in [-0.39, 0.29) is 29.5 Å². The van der Waals surface area contributed by atoms with Gasteiger partial charge < -0.3 is 4.74 Å². The standard InChI is InChI=1S/C29H30N2O4S2/c1-17(2)15-31-27(34)24-20-11-10-18-8-4-5-9-19(18)25(20)37-26(24)30-28(31)36-16-22(32)21-14-23(33)35-29(21)12-6-3-7-13-29/h4-5,8-9,21H,1,3,6-7,10-16H2,2H3. The number of carbonyl (C=O) groups is 2. The Morgan fingerprint density at radius 1 is 1.22 bits per heavy atom. The highest BCUT2D eigenvalue weighted by molar-refractivity contribution is 7.99. The van der Waals surface area contributed by atoms with Crippen molar-refractivity contribution >= 4 is 45.1 Å². The first-order valence-electron chi connectivity index (χ1n) is 13.0. The first-order chi connectivity index (χ1) is 17.9.